The molecule has 2 aromatic carbocycles. The average molecular weight is 388 g/mol. The zero-order valence-electron chi connectivity index (χ0n) is 14.6. The molecule has 7 heteroatoms. The quantitative estimate of drug-likeness (QED) is 0.615. The van der Waals surface area contributed by atoms with Gasteiger partial charge in [0.15, 0.2) is 0 Å². The molecule has 0 aliphatic carbocycles. The molecule has 0 aliphatic rings. The van der Waals surface area contributed by atoms with Crippen LogP contribution in [-0.4, -0.2) is 21.4 Å². The van der Waals surface area contributed by atoms with Gasteiger partial charge >= 0.3 is 0 Å². The van der Waals surface area contributed by atoms with Crippen LogP contribution in [-0.2, 0) is 4.79 Å². The molecule has 3 aromatic rings. The maximum Gasteiger partial charge on any atom is 0.277 e. The topological polar surface area (TPSA) is 68.0 Å². The summed E-state index contributed by atoms with van der Waals surface area (Å²) in [7, 11) is 0. The largest absolute Gasteiger partial charge is 0.411 e. The molecule has 5 nitrogen and oxygen atoms in total. The van der Waals surface area contributed by atoms with Gasteiger partial charge in [-0.3, -0.25) is 4.79 Å². The van der Waals surface area contributed by atoms with E-state index in [0.29, 0.717) is 21.8 Å². The van der Waals surface area contributed by atoms with Crippen molar-refractivity contribution in [2.24, 2.45) is 0 Å². The summed E-state index contributed by atoms with van der Waals surface area (Å²) < 4.78 is 5.66. The highest BCUT2D eigenvalue weighted by molar-refractivity contribution is 8.00. The number of hydrogen-bond donors (Lipinski definition) is 1. The third kappa shape index (κ3) is 4.45. The van der Waals surface area contributed by atoms with Crippen LogP contribution in [0.15, 0.2) is 52.1 Å². The molecule has 0 saturated carbocycles. The van der Waals surface area contributed by atoms with Crippen LogP contribution in [0.4, 0.5) is 5.69 Å². The Morgan fingerprint density at radius 3 is 2.62 bits per heavy atom. The van der Waals surface area contributed by atoms with Gasteiger partial charge in [-0.15, -0.1) is 10.2 Å². The van der Waals surface area contributed by atoms with E-state index in [1.165, 1.54) is 11.8 Å². The molecule has 1 unspecified atom stereocenters. The van der Waals surface area contributed by atoms with Crippen LogP contribution >= 0.6 is 23.4 Å². The molecule has 26 heavy (non-hydrogen) atoms. The SMILES string of the molecule is Cc1ccc(-c2nnc(SC(C)C(=O)Nc3cc(Cl)ccc3C)o2)cc1. The van der Waals surface area contributed by atoms with Crippen LogP contribution in [0, 0.1) is 13.8 Å². The first-order valence-corrected chi connectivity index (χ1v) is 9.32. The number of halogens is 1. The van der Waals surface area contributed by atoms with E-state index in [2.05, 4.69) is 15.5 Å². The summed E-state index contributed by atoms with van der Waals surface area (Å²) in [5, 5.41) is 11.5. The number of aromatic nitrogens is 2. The average Bonchev–Trinajstić information content (AvgIpc) is 3.07. The van der Waals surface area contributed by atoms with Gasteiger partial charge < -0.3 is 9.73 Å². The van der Waals surface area contributed by atoms with Crippen molar-refractivity contribution in [3.63, 3.8) is 0 Å². The first kappa shape index (κ1) is 18.5. The summed E-state index contributed by atoms with van der Waals surface area (Å²) in [6.45, 7) is 5.71. The van der Waals surface area contributed by atoms with Crippen molar-refractivity contribution < 1.29 is 9.21 Å². The van der Waals surface area contributed by atoms with E-state index >= 15 is 0 Å². The second kappa shape index (κ2) is 7.93. The lowest BCUT2D eigenvalue weighted by atomic mass is 10.1. The van der Waals surface area contributed by atoms with E-state index in [4.69, 9.17) is 16.0 Å². The number of aryl methyl sites for hydroxylation is 2. The number of benzene rings is 2. The van der Waals surface area contributed by atoms with Gasteiger partial charge in [0.2, 0.25) is 11.8 Å². The van der Waals surface area contributed by atoms with Crippen molar-refractivity contribution in [1.29, 1.82) is 0 Å². The highest BCUT2D eigenvalue weighted by Crippen LogP contribution is 2.27. The van der Waals surface area contributed by atoms with Gasteiger partial charge in [-0.05, 0) is 50.6 Å². The first-order chi connectivity index (χ1) is 12.4. The predicted molar refractivity (Wildman–Crippen MR) is 105 cm³/mol. The number of anilines is 1. The fourth-order valence-electron chi connectivity index (χ4n) is 2.24. The number of carbonyl (C=O) groups is 1. The Morgan fingerprint density at radius 1 is 1.15 bits per heavy atom. The lowest BCUT2D eigenvalue weighted by Gasteiger charge is -2.12. The summed E-state index contributed by atoms with van der Waals surface area (Å²) >= 11 is 7.20. The van der Waals surface area contributed by atoms with Crippen LogP contribution in [0.2, 0.25) is 5.02 Å². The third-order valence-electron chi connectivity index (χ3n) is 3.81. The van der Waals surface area contributed by atoms with Gasteiger partial charge in [0.25, 0.3) is 5.22 Å². The highest BCUT2D eigenvalue weighted by Gasteiger charge is 2.19. The molecule has 3 rings (SSSR count). The minimum atomic E-state index is -0.403. The van der Waals surface area contributed by atoms with Crippen molar-refractivity contribution in [3.05, 3.63) is 58.6 Å². The summed E-state index contributed by atoms with van der Waals surface area (Å²) in [6.07, 6.45) is 0. The molecule has 1 aromatic heterocycles. The first-order valence-electron chi connectivity index (χ1n) is 8.06. The molecule has 1 amide bonds. The van der Waals surface area contributed by atoms with Crippen LogP contribution in [0.3, 0.4) is 0 Å². The number of amides is 1. The van der Waals surface area contributed by atoms with Gasteiger partial charge in [-0.1, -0.05) is 47.1 Å². The Labute approximate surface area is 161 Å². The van der Waals surface area contributed by atoms with Crippen LogP contribution in [0.1, 0.15) is 18.1 Å². The smallest absolute Gasteiger partial charge is 0.277 e. The van der Waals surface area contributed by atoms with Crippen LogP contribution < -0.4 is 5.32 Å². The van der Waals surface area contributed by atoms with E-state index in [9.17, 15) is 4.79 Å². The lowest BCUT2D eigenvalue weighted by molar-refractivity contribution is -0.115. The minimum absolute atomic E-state index is 0.157. The number of carbonyl (C=O) groups excluding carboxylic acids is 1. The molecule has 1 N–H and O–H groups in total. The third-order valence-corrected chi connectivity index (χ3v) is 4.98. The van der Waals surface area contributed by atoms with E-state index in [-0.39, 0.29) is 5.91 Å². The van der Waals surface area contributed by atoms with Crippen LogP contribution in [0.25, 0.3) is 11.5 Å². The van der Waals surface area contributed by atoms with E-state index in [1.807, 2.05) is 44.2 Å². The molecule has 0 fully saturated rings. The Morgan fingerprint density at radius 2 is 1.88 bits per heavy atom. The van der Waals surface area contributed by atoms with Crippen molar-refractivity contribution in [3.8, 4) is 11.5 Å². The van der Waals surface area contributed by atoms with Gasteiger partial charge in [0.1, 0.15) is 0 Å². The molecular formula is C19H18ClN3O2S. The zero-order chi connectivity index (χ0) is 18.7. The molecule has 0 aliphatic heterocycles. The standard InChI is InChI=1S/C19H18ClN3O2S/c1-11-4-7-14(8-5-11)18-22-23-19(25-18)26-13(3)17(24)21-16-10-15(20)9-6-12(16)2/h4-10,13H,1-3H3,(H,21,24). The van der Waals surface area contributed by atoms with E-state index in [1.54, 1.807) is 19.1 Å². The Balaban J connectivity index is 1.66. The van der Waals surface area contributed by atoms with Gasteiger partial charge in [0.05, 0.1) is 5.25 Å². The van der Waals surface area contributed by atoms with Crippen molar-refractivity contribution in [2.75, 3.05) is 5.32 Å². The fraction of sp³-hybridized carbons (Fsp3) is 0.211. The Kier molecular flexibility index (Phi) is 5.64. The number of hydrogen-bond acceptors (Lipinski definition) is 5. The Hall–Kier alpha value is -2.31. The molecule has 0 saturated heterocycles. The molecule has 0 spiro atoms. The lowest BCUT2D eigenvalue weighted by Crippen LogP contribution is -2.22. The number of rotatable bonds is 5. The Bertz CT molecular complexity index is 925. The summed E-state index contributed by atoms with van der Waals surface area (Å²) in [5.41, 5.74) is 3.64. The van der Waals surface area contributed by atoms with E-state index < -0.39 is 5.25 Å². The predicted octanol–water partition coefficient (Wildman–Crippen LogP) is 5.13. The van der Waals surface area contributed by atoms with Gasteiger partial charge in [-0.2, -0.15) is 0 Å². The molecule has 0 radical (unpaired) electrons. The maximum absolute atomic E-state index is 12.4. The number of nitrogens with one attached hydrogen (secondary N) is 1. The second-order valence-corrected chi connectivity index (χ2v) is 7.68. The van der Waals surface area contributed by atoms with Crippen molar-refractivity contribution in [1.82, 2.24) is 10.2 Å². The number of thioether (sulfide) groups is 1. The molecule has 1 heterocycles. The number of nitrogens with zero attached hydrogens (tertiary/aromatic N) is 2. The second-order valence-electron chi connectivity index (χ2n) is 5.95. The van der Waals surface area contributed by atoms with Gasteiger partial charge in [-0.25, -0.2) is 0 Å². The molecular weight excluding hydrogens is 370 g/mol. The molecule has 1 atom stereocenters. The summed E-state index contributed by atoms with van der Waals surface area (Å²) in [5.74, 6) is 0.279. The zero-order valence-corrected chi connectivity index (χ0v) is 16.2. The maximum atomic E-state index is 12.4. The summed E-state index contributed by atoms with van der Waals surface area (Å²) in [6, 6.07) is 13.2. The summed E-state index contributed by atoms with van der Waals surface area (Å²) in [4.78, 5) is 12.4. The van der Waals surface area contributed by atoms with Crippen molar-refractivity contribution in [2.45, 2.75) is 31.2 Å². The molecule has 134 valence electrons. The van der Waals surface area contributed by atoms with E-state index in [0.717, 1.165) is 16.7 Å². The normalized spacial score (nSPS) is 12.0. The minimum Gasteiger partial charge on any atom is -0.411 e. The molecule has 0 bridgehead atoms. The monoisotopic (exact) mass is 387 g/mol. The highest BCUT2D eigenvalue weighted by atomic mass is 35.5. The fourth-order valence-corrected chi connectivity index (χ4v) is 3.09. The van der Waals surface area contributed by atoms with Gasteiger partial charge in [0, 0.05) is 16.3 Å². The van der Waals surface area contributed by atoms with Crippen molar-refractivity contribution >= 4 is 35.0 Å². The van der Waals surface area contributed by atoms with Crippen LogP contribution in [0.5, 0.6) is 0 Å².